The van der Waals surface area contributed by atoms with Crippen molar-refractivity contribution in [2.75, 3.05) is 13.7 Å². The summed E-state index contributed by atoms with van der Waals surface area (Å²) in [7, 11) is 1.69. The zero-order valence-corrected chi connectivity index (χ0v) is 12.1. The molecule has 1 heterocycles. The van der Waals surface area contributed by atoms with E-state index in [1.807, 2.05) is 12.1 Å². The largest absolute Gasteiger partial charge is 0.494 e. The summed E-state index contributed by atoms with van der Waals surface area (Å²) in [5.74, 6) is 1.81. The molecule has 0 amide bonds. The van der Waals surface area contributed by atoms with Crippen molar-refractivity contribution < 1.29 is 4.74 Å². The number of hydrogen-bond acceptors (Lipinski definition) is 3. The molecule has 1 aromatic heterocycles. The van der Waals surface area contributed by atoms with Crippen molar-refractivity contribution in [3.05, 3.63) is 36.0 Å². The zero-order chi connectivity index (χ0) is 13.8. The van der Waals surface area contributed by atoms with Gasteiger partial charge in [0.25, 0.3) is 0 Å². The molecule has 2 aromatic rings. The van der Waals surface area contributed by atoms with Crippen LogP contribution in [-0.4, -0.2) is 18.6 Å². The van der Waals surface area contributed by atoms with Crippen molar-refractivity contribution in [3.63, 3.8) is 0 Å². The fraction of sp³-hybridized carbons (Fsp3) is 0.471. The number of para-hydroxylation sites is 1. The van der Waals surface area contributed by atoms with Crippen molar-refractivity contribution in [1.29, 1.82) is 0 Å². The van der Waals surface area contributed by atoms with Gasteiger partial charge < -0.3 is 10.1 Å². The van der Waals surface area contributed by atoms with Gasteiger partial charge in [-0.1, -0.05) is 37.5 Å². The fourth-order valence-corrected chi connectivity index (χ4v) is 2.73. The third kappa shape index (κ3) is 2.93. The highest BCUT2D eigenvalue weighted by atomic mass is 16.5. The summed E-state index contributed by atoms with van der Waals surface area (Å²) in [5.41, 5.74) is 2.03. The molecule has 1 aromatic carbocycles. The highest BCUT2D eigenvalue weighted by Crippen LogP contribution is 2.28. The van der Waals surface area contributed by atoms with E-state index in [-0.39, 0.29) is 0 Å². The van der Waals surface area contributed by atoms with E-state index in [1.54, 1.807) is 7.11 Å². The second kappa shape index (κ2) is 6.23. The highest BCUT2D eigenvalue weighted by Gasteiger charge is 2.16. The van der Waals surface area contributed by atoms with Gasteiger partial charge in [0.1, 0.15) is 11.3 Å². The summed E-state index contributed by atoms with van der Waals surface area (Å²) in [4.78, 5) is 4.71. The molecule has 3 nitrogen and oxygen atoms in total. The number of aromatic nitrogens is 1. The zero-order valence-electron chi connectivity index (χ0n) is 12.1. The second-order valence-electron chi connectivity index (χ2n) is 5.60. The maximum Gasteiger partial charge on any atom is 0.145 e. The maximum absolute atomic E-state index is 5.38. The van der Waals surface area contributed by atoms with Crippen LogP contribution in [0.15, 0.2) is 30.3 Å². The van der Waals surface area contributed by atoms with Gasteiger partial charge in [0.05, 0.1) is 12.8 Å². The predicted molar refractivity (Wildman–Crippen MR) is 82.0 cm³/mol. The molecule has 0 saturated heterocycles. The standard InChI is InChI=1S/C17H22N2O/c1-20-16-7-3-6-14-8-9-15(19-17(14)16)12-18-11-10-13-4-2-5-13/h3,6-9,13,18H,2,4-5,10-12H2,1H3. The molecule has 106 valence electrons. The molecule has 3 heteroatoms. The van der Waals surface area contributed by atoms with Gasteiger partial charge in [-0.15, -0.1) is 0 Å². The third-order valence-electron chi connectivity index (χ3n) is 4.22. The minimum atomic E-state index is 0.834. The smallest absolute Gasteiger partial charge is 0.145 e. The van der Waals surface area contributed by atoms with Crippen molar-refractivity contribution in [1.82, 2.24) is 10.3 Å². The Morgan fingerprint density at radius 2 is 2.15 bits per heavy atom. The van der Waals surface area contributed by atoms with Gasteiger partial charge in [0, 0.05) is 11.9 Å². The van der Waals surface area contributed by atoms with Crippen LogP contribution in [0, 0.1) is 5.92 Å². The monoisotopic (exact) mass is 270 g/mol. The van der Waals surface area contributed by atoms with Gasteiger partial charge >= 0.3 is 0 Å². The normalized spacial score (nSPS) is 15.2. The van der Waals surface area contributed by atoms with Crippen molar-refractivity contribution in [3.8, 4) is 5.75 Å². The number of fused-ring (bicyclic) bond motifs is 1. The summed E-state index contributed by atoms with van der Waals surface area (Å²) in [6, 6.07) is 10.2. The lowest BCUT2D eigenvalue weighted by atomic mass is 9.83. The van der Waals surface area contributed by atoms with Crippen LogP contribution in [0.4, 0.5) is 0 Å². The Morgan fingerprint density at radius 3 is 2.90 bits per heavy atom. The number of nitrogens with zero attached hydrogens (tertiary/aromatic N) is 1. The van der Waals surface area contributed by atoms with E-state index in [9.17, 15) is 0 Å². The molecule has 0 bridgehead atoms. The lowest BCUT2D eigenvalue weighted by Gasteiger charge is -2.25. The number of ether oxygens (including phenoxy) is 1. The van der Waals surface area contributed by atoms with Gasteiger partial charge in [-0.05, 0) is 31.0 Å². The summed E-state index contributed by atoms with van der Waals surface area (Å²) in [6.45, 7) is 1.93. The average Bonchev–Trinajstić information content (AvgIpc) is 2.44. The first kappa shape index (κ1) is 13.4. The summed E-state index contributed by atoms with van der Waals surface area (Å²) in [6.07, 6.45) is 5.58. The van der Waals surface area contributed by atoms with E-state index in [0.29, 0.717) is 0 Å². The third-order valence-corrected chi connectivity index (χ3v) is 4.22. The molecule has 1 saturated carbocycles. The van der Waals surface area contributed by atoms with Gasteiger partial charge in [0.2, 0.25) is 0 Å². The van der Waals surface area contributed by atoms with Crippen LogP contribution < -0.4 is 10.1 Å². The van der Waals surface area contributed by atoms with E-state index in [1.165, 1.54) is 25.7 Å². The van der Waals surface area contributed by atoms with Crippen LogP contribution in [0.5, 0.6) is 5.75 Å². The number of hydrogen-bond donors (Lipinski definition) is 1. The maximum atomic E-state index is 5.38. The average molecular weight is 270 g/mol. The predicted octanol–water partition coefficient (Wildman–Crippen LogP) is 3.52. The van der Waals surface area contributed by atoms with E-state index < -0.39 is 0 Å². The summed E-state index contributed by atoms with van der Waals surface area (Å²) >= 11 is 0. The van der Waals surface area contributed by atoms with Crippen LogP contribution in [0.1, 0.15) is 31.4 Å². The SMILES string of the molecule is COc1cccc2ccc(CNCCC3CCC3)nc12. The Balaban J connectivity index is 1.62. The lowest BCUT2D eigenvalue weighted by molar-refractivity contribution is 0.292. The quantitative estimate of drug-likeness (QED) is 0.815. The van der Waals surface area contributed by atoms with Crippen molar-refractivity contribution in [2.24, 2.45) is 5.92 Å². The highest BCUT2D eigenvalue weighted by molar-refractivity contribution is 5.84. The first-order valence-electron chi connectivity index (χ1n) is 7.50. The second-order valence-corrected chi connectivity index (χ2v) is 5.60. The Bertz CT molecular complexity index is 578. The van der Waals surface area contributed by atoms with Gasteiger partial charge in [0.15, 0.2) is 0 Å². The summed E-state index contributed by atoms with van der Waals surface area (Å²) in [5, 5.41) is 4.63. The van der Waals surface area contributed by atoms with Crippen LogP contribution in [0.2, 0.25) is 0 Å². The molecular formula is C17H22N2O. The Labute approximate surface area is 120 Å². The minimum absolute atomic E-state index is 0.834. The number of nitrogens with one attached hydrogen (secondary N) is 1. The number of rotatable bonds is 6. The van der Waals surface area contributed by atoms with E-state index >= 15 is 0 Å². The summed E-state index contributed by atoms with van der Waals surface area (Å²) < 4.78 is 5.38. The lowest BCUT2D eigenvalue weighted by Crippen LogP contribution is -2.21. The number of methoxy groups -OCH3 is 1. The van der Waals surface area contributed by atoms with Gasteiger partial charge in [-0.3, -0.25) is 0 Å². The molecule has 1 aliphatic carbocycles. The molecule has 0 spiro atoms. The van der Waals surface area contributed by atoms with Crippen LogP contribution in [0.25, 0.3) is 10.9 Å². The first-order valence-corrected chi connectivity index (χ1v) is 7.50. The molecule has 1 N–H and O–H groups in total. The van der Waals surface area contributed by atoms with Crippen LogP contribution >= 0.6 is 0 Å². The molecule has 3 rings (SSSR count). The molecule has 0 unspecified atom stereocenters. The molecule has 1 aliphatic rings. The van der Waals surface area contributed by atoms with Crippen LogP contribution in [0.3, 0.4) is 0 Å². The fourth-order valence-electron chi connectivity index (χ4n) is 2.73. The Kier molecular flexibility index (Phi) is 4.16. The Morgan fingerprint density at radius 1 is 1.25 bits per heavy atom. The van der Waals surface area contributed by atoms with E-state index in [4.69, 9.17) is 9.72 Å². The molecular weight excluding hydrogens is 248 g/mol. The van der Waals surface area contributed by atoms with E-state index in [0.717, 1.165) is 41.4 Å². The van der Waals surface area contributed by atoms with Crippen molar-refractivity contribution >= 4 is 10.9 Å². The van der Waals surface area contributed by atoms with Crippen LogP contribution in [-0.2, 0) is 6.54 Å². The minimum Gasteiger partial charge on any atom is -0.494 e. The number of pyridine rings is 1. The first-order chi connectivity index (χ1) is 9.86. The Hall–Kier alpha value is -1.61. The van der Waals surface area contributed by atoms with Gasteiger partial charge in [-0.2, -0.15) is 0 Å². The molecule has 20 heavy (non-hydrogen) atoms. The van der Waals surface area contributed by atoms with E-state index in [2.05, 4.69) is 23.5 Å². The van der Waals surface area contributed by atoms with Gasteiger partial charge in [-0.25, -0.2) is 4.98 Å². The van der Waals surface area contributed by atoms with Crippen molar-refractivity contribution in [2.45, 2.75) is 32.2 Å². The molecule has 0 radical (unpaired) electrons. The molecule has 0 aliphatic heterocycles. The molecule has 1 fully saturated rings. The topological polar surface area (TPSA) is 34.1 Å². The number of benzene rings is 1. The molecule has 0 atom stereocenters.